The summed E-state index contributed by atoms with van der Waals surface area (Å²) in [5, 5.41) is 0. The Morgan fingerprint density at radius 2 is 2.00 bits per heavy atom. The lowest BCUT2D eigenvalue weighted by Crippen LogP contribution is -2.05. The number of benzene rings is 1. The average Bonchev–Trinajstić information content (AvgIpc) is 2.21. The van der Waals surface area contributed by atoms with Gasteiger partial charge in [-0.1, -0.05) is 30.3 Å². The van der Waals surface area contributed by atoms with Crippen molar-refractivity contribution in [1.29, 1.82) is 0 Å². The van der Waals surface area contributed by atoms with Crippen molar-refractivity contribution in [3.63, 3.8) is 0 Å². The molecule has 0 aromatic heterocycles. The van der Waals surface area contributed by atoms with Crippen LogP contribution in [0.3, 0.4) is 0 Å². The molecule has 2 nitrogen and oxygen atoms in total. The van der Waals surface area contributed by atoms with E-state index in [9.17, 15) is 0 Å². The smallest absolute Gasteiger partial charge is 0.0821 e. The topological polar surface area (TPSA) is 35.2 Å². The minimum absolute atomic E-state index is 0.199. The SMILES string of the molecule is COC(CCCN)c1ccccc1. The summed E-state index contributed by atoms with van der Waals surface area (Å²) >= 11 is 0. The van der Waals surface area contributed by atoms with E-state index in [-0.39, 0.29) is 6.10 Å². The van der Waals surface area contributed by atoms with Crippen molar-refractivity contribution in [3.05, 3.63) is 35.9 Å². The number of nitrogens with two attached hydrogens (primary N) is 1. The minimum atomic E-state index is 0.199. The second-order valence-corrected chi connectivity index (χ2v) is 3.07. The van der Waals surface area contributed by atoms with Gasteiger partial charge in [-0.05, 0) is 24.9 Å². The van der Waals surface area contributed by atoms with Crippen LogP contribution in [0.1, 0.15) is 24.5 Å². The molecule has 1 aromatic rings. The predicted octanol–water partition coefficient (Wildman–Crippen LogP) is 2.11. The Balaban J connectivity index is 2.56. The third-order valence-electron chi connectivity index (χ3n) is 2.13. The average molecular weight is 179 g/mol. The Morgan fingerprint density at radius 3 is 2.54 bits per heavy atom. The van der Waals surface area contributed by atoms with Gasteiger partial charge in [-0.15, -0.1) is 0 Å². The maximum atomic E-state index is 5.45. The molecule has 1 atom stereocenters. The second-order valence-electron chi connectivity index (χ2n) is 3.07. The van der Waals surface area contributed by atoms with Crippen LogP contribution in [0, 0.1) is 0 Å². The summed E-state index contributed by atoms with van der Waals surface area (Å²) in [6.45, 7) is 0.729. The minimum Gasteiger partial charge on any atom is -0.377 e. The normalized spacial score (nSPS) is 12.8. The molecule has 13 heavy (non-hydrogen) atoms. The van der Waals surface area contributed by atoms with Crippen LogP contribution in [0.15, 0.2) is 30.3 Å². The van der Waals surface area contributed by atoms with Crippen molar-refractivity contribution in [2.24, 2.45) is 5.73 Å². The standard InChI is InChI=1S/C11H17NO/c1-13-11(8-5-9-12)10-6-3-2-4-7-10/h2-4,6-7,11H,5,8-9,12H2,1H3. The van der Waals surface area contributed by atoms with Crippen molar-refractivity contribution >= 4 is 0 Å². The van der Waals surface area contributed by atoms with Crippen molar-refractivity contribution in [3.8, 4) is 0 Å². The largest absolute Gasteiger partial charge is 0.377 e. The van der Waals surface area contributed by atoms with Gasteiger partial charge in [0.15, 0.2) is 0 Å². The van der Waals surface area contributed by atoms with Crippen LogP contribution in [0.25, 0.3) is 0 Å². The van der Waals surface area contributed by atoms with E-state index in [1.807, 2.05) is 18.2 Å². The third-order valence-corrected chi connectivity index (χ3v) is 2.13. The molecule has 0 aliphatic heterocycles. The number of methoxy groups -OCH3 is 1. The summed E-state index contributed by atoms with van der Waals surface area (Å²) in [7, 11) is 1.74. The highest BCUT2D eigenvalue weighted by Gasteiger charge is 2.07. The molecule has 1 unspecified atom stereocenters. The summed E-state index contributed by atoms with van der Waals surface area (Å²) in [5.41, 5.74) is 6.69. The van der Waals surface area contributed by atoms with E-state index < -0.39 is 0 Å². The molecule has 2 heteroatoms. The van der Waals surface area contributed by atoms with Gasteiger partial charge in [-0.3, -0.25) is 0 Å². The van der Waals surface area contributed by atoms with Crippen molar-refractivity contribution in [2.45, 2.75) is 18.9 Å². The second kappa shape index (κ2) is 5.73. The molecule has 0 heterocycles. The van der Waals surface area contributed by atoms with Crippen LogP contribution in [0.4, 0.5) is 0 Å². The zero-order valence-corrected chi connectivity index (χ0v) is 8.07. The van der Waals surface area contributed by atoms with E-state index in [4.69, 9.17) is 10.5 Å². The van der Waals surface area contributed by atoms with Gasteiger partial charge in [-0.2, -0.15) is 0 Å². The first-order chi connectivity index (χ1) is 6.38. The van der Waals surface area contributed by atoms with E-state index in [2.05, 4.69) is 12.1 Å². The van der Waals surface area contributed by atoms with Crippen LogP contribution >= 0.6 is 0 Å². The highest BCUT2D eigenvalue weighted by molar-refractivity contribution is 5.17. The Labute approximate surface area is 79.7 Å². The third kappa shape index (κ3) is 3.17. The summed E-state index contributed by atoms with van der Waals surface area (Å²) in [4.78, 5) is 0. The molecule has 0 spiro atoms. The fraction of sp³-hybridized carbons (Fsp3) is 0.455. The molecule has 0 aliphatic rings. The van der Waals surface area contributed by atoms with E-state index in [1.165, 1.54) is 5.56 Å². The molecule has 0 radical (unpaired) electrons. The number of hydrogen-bond donors (Lipinski definition) is 1. The first kappa shape index (κ1) is 10.2. The van der Waals surface area contributed by atoms with Gasteiger partial charge in [-0.25, -0.2) is 0 Å². The molecule has 0 amide bonds. The maximum Gasteiger partial charge on any atom is 0.0821 e. The summed E-state index contributed by atoms with van der Waals surface area (Å²) < 4.78 is 5.38. The van der Waals surface area contributed by atoms with Crippen molar-refractivity contribution in [2.75, 3.05) is 13.7 Å². The quantitative estimate of drug-likeness (QED) is 0.751. The zero-order valence-electron chi connectivity index (χ0n) is 8.07. The summed E-state index contributed by atoms with van der Waals surface area (Å²) in [6, 6.07) is 10.3. The molecule has 0 fully saturated rings. The highest BCUT2D eigenvalue weighted by Crippen LogP contribution is 2.20. The Kier molecular flexibility index (Phi) is 4.50. The van der Waals surface area contributed by atoms with Gasteiger partial charge in [0, 0.05) is 7.11 Å². The lowest BCUT2D eigenvalue weighted by atomic mass is 10.1. The number of rotatable bonds is 5. The molecule has 0 saturated heterocycles. The van der Waals surface area contributed by atoms with Crippen LogP contribution < -0.4 is 5.73 Å². The fourth-order valence-electron chi connectivity index (χ4n) is 1.39. The molecular formula is C11H17NO. The lowest BCUT2D eigenvalue weighted by Gasteiger charge is -2.14. The van der Waals surface area contributed by atoms with E-state index in [0.29, 0.717) is 0 Å². The van der Waals surface area contributed by atoms with Gasteiger partial charge in [0.25, 0.3) is 0 Å². The lowest BCUT2D eigenvalue weighted by molar-refractivity contribution is 0.0944. The van der Waals surface area contributed by atoms with E-state index >= 15 is 0 Å². The molecule has 0 bridgehead atoms. The van der Waals surface area contributed by atoms with E-state index in [0.717, 1.165) is 19.4 Å². The number of hydrogen-bond acceptors (Lipinski definition) is 2. The zero-order chi connectivity index (χ0) is 9.52. The molecule has 72 valence electrons. The molecule has 1 rings (SSSR count). The van der Waals surface area contributed by atoms with Gasteiger partial charge < -0.3 is 10.5 Å². The number of ether oxygens (including phenoxy) is 1. The molecule has 0 saturated carbocycles. The van der Waals surface area contributed by atoms with Gasteiger partial charge in [0.05, 0.1) is 6.10 Å². The Bertz CT molecular complexity index is 223. The highest BCUT2D eigenvalue weighted by atomic mass is 16.5. The van der Waals surface area contributed by atoms with Crippen molar-refractivity contribution < 1.29 is 4.74 Å². The molecule has 0 aliphatic carbocycles. The molecule has 1 aromatic carbocycles. The van der Waals surface area contributed by atoms with Crippen molar-refractivity contribution in [1.82, 2.24) is 0 Å². The van der Waals surface area contributed by atoms with E-state index in [1.54, 1.807) is 7.11 Å². The van der Waals surface area contributed by atoms with Gasteiger partial charge >= 0.3 is 0 Å². The summed E-state index contributed by atoms with van der Waals surface area (Å²) in [5.74, 6) is 0. The Hall–Kier alpha value is -0.860. The summed E-state index contributed by atoms with van der Waals surface area (Å²) in [6.07, 6.45) is 2.20. The molecular weight excluding hydrogens is 162 g/mol. The van der Waals surface area contributed by atoms with Gasteiger partial charge in [0.1, 0.15) is 0 Å². The van der Waals surface area contributed by atoms with Gasteiger partial charge in [0.2, 0.25) is 0 Å². The first-order valence-corrected chi connectivity index (χ1v) is 4.66. The molecule has 2 N–H and O–H groups in total. The van der Waals surface area contributed by atoms with Crippen LogP contribution in [-0.2, 0) is 4.74 Å². The predicted molar refractivity (Wildman–Crippen MR) is 54.5 cm³/mol. The van der Waals surface area contributed by atoms with Crippen LogP contribution in [0.5, 0.6) is 0 Å². The first-order valence-electron chi connectivity index (χ1n) is 4.66. The monoisotopic (exact) mass is 179 g/mol. The maximum absolute atomic E-state index is 5.45. The fourth-order valence-corrected chi connectivity index (χ4v) is 1.39. The van der Waals surface area contributed by atoms with Crippen LogP contribution in [-0.4, -0.2) is 13.7 Å². The van der Waals surface area contributed by atoms with Crippen LogP contribution in [0.2, 0.25) is 0 Å². The Morgan fingerprint density at radius 1 is 1.31 bits per heavy atom.